The van der Waals surface area contributed by atoms with Crippen LogP contribution in [0.3, 0.4) is 0 Å². The molecule has 1 amide bonds. The Morgan fingerprint density at radius 1 is 1.19 bits per heavy atom. The van der Waals surface area contributed by atoms with Gasteiger partial charge in [0.1, 0.15) is 19.8 Å². The summed E-state index contributed by atoms with van der Waals surface area (Å²) in [4.78, 5) is 13.6. The van der Waals surface area contributed by atoms with Crippen molar-refractivity contribution < 1.29 is 14.3 Å². The first-order valence-electron chi connectivity index (χ1n) is 8.32. The molecular weight excluding hydrogens is 370 g/mol. The van der Waals surface area contributed by atoms with Gasteiger partial charge >= 0.3 is 0 Å². The summed E-state index contributed by atoms with van der Waals surface area (Å²) in [5, 5.41) is 15.2. The summed E-state index contributed by atoms with van der Waals surface area (Å²) in [6.45, 7) is 2.83. The van der Waals surface area contributed by atoms with Crippen LogP contribution in [0.15, 0.2) is 36.4 Å². The van der Waals surface area contributed by atoms with E-state index in [-0.39, 0.29) is 12.5 Å². The van der Waals surface area contributed by atoms with Crippen LogP contribution in [0.1, 0.15) is 5.56 Å². The number of fused-ring (bicyclic) bond motifs is 1. The summed E-state index contributed by atoms with van der Waals surface area (Å²) in [6, 6.07) is 11.0. The third-order valence-corrected chi connectivity index (χ3v) is 4.27. The molecule has 0 saturated carbocycles. The Balaban J connectivity index is 1.45. The molecule has 0 atom stereocenters. The maximum absolute atomic E-state index is 12.3. The Morgan fingerprint density at radius 2 is 1.89 bits per heavy atom. The zero-order valence-electron chi connectivity index (χ0n) is 14.5. The zero-order valence-corrected chi connectivity index (χ0v) is 15.2. The van der Waals surface area contributed by atoms with E-state index in [4.69, 9.17) is 21.1 Å². The van der Waals surface area contributed by atoms with Crippen molar-refractivity contribution in [3.05, 3.63) is 47.0 Å². The quantitative estimate of drug-likeness (QED) is 0.742. The molecule has 1 aliphatic rings. The summed E-state index contributed by atoms with van der Waals surface area (Å²) >= 11 is 6.20. The molecule has 4 rings (SSSR count). The molecule has 0 unspecified atom stereocenters. The van der Waals surface area contributed by atoms with Crippen molar-refractivity contribution in [3.8, 4) is 22.9 Å². The molecule has 27 heavy (non-hydrogen) atoms. The second-order valence-corrected chi connectivity index (χ2v) is 6.44. The van der Waals surface area contributed by atoms with E-state index in [2.05, 4.69) is 20.7 Å². The Labute approximate surface area is 160 Å². The van der Waals surface area contributed by atoms with Crippen LogP contribution in [0.5, 0.6) is 11.5 Å². The Kier molecular flexibility index (Phi) is 4.64. The van der Waals surface area contributed by atoms with Gasteiger partial charge < -0.3 is 14.8 Å². The van der Waals surface area contributed by atoms with E-state index in [0.29, 0.717) is 41.2 Å². The number of anilines is 1. The highest BCUT2D eigenvalue weighted by Gasteiger charge is 2.17. The highest BCUT2D eigenvalue weighted by atomic mass is 35.5. The molecule has 0 saturated heterocycles. The smallest absolute Gasteiger partial charge is 0.248 e. The molecule has 0 bridgehead atoms. The fraction of sp³-hybridized carbons (Fsp3) is 0.222. The Morgan fingerprint density at radius 3 is 2.63 bits per heavy atom. The number of amides is 1. The largest absolute Gasteiger partial charge is 0.486 e. The first-order valence-corrected chi connectivity index (χ1v) is 8.70. The standard InChI is InChI=1S/C18H16ClN5O3/c1-11-2-4-12(5-3-11)18-21-23-24(22-18)10-17(25)20-14-9-16-15(8-13(14)19)26-6-7-27-16/h2-5,8-9H,6-7,10H2,1H3,(H,20,25). The van der Waals surface area contributed by atoms with Crippen molar-refractivity contribution in [2.45, 2.75) is 13.5 Å². The van der Waals surface area contributed by atoms with E-state index in [1.54, 1.807) is 12.1 Å². The van der Waals surface area contributed by atoms with Crippen LogP contribution < -0.4 is 14.8 Å². The molecule has 9 heteroatoms. The average Bonchev–Trinajstić information content (AvgIpc) is 3.11. The number of halogens is 1. The predicted octanol–water partition coefficient (Wildman–Crippen LogP) is 2.71. The third-order valence-electron chi connectivity index (χ3n) is 3.95. The fourth-order valence-corrected chi connectivity index (χ4v) is 2.81. The summed E-state index contributed by atoms with van der Waals surface area (Å²) in [7, 11) is 0. The fourth-order valence-electron chi connectivity index (χ4n) is 2.61. The van der Waals surface area contributed by atoms with Crippen molar-refractivity contribution in [2.24, 2.45) is 0 Å². The third kappa shape index (κ3) is 3.85. The molecule has 1 N–H and O–H groups in total. The van der Waals surface area contributed by atoms with Gasteiger partial charge in [0, 0.05) is 17.7 Å². The molecule has 2 heterocycles. The van der Waals surface area contributed by atoms with E-state index in [1.807, 2.05) is 31.2 Å². The van der Waals surface area contributed by atoms with Crippen LogP contribution in [-0.4, -0.2) is 39.3 Å². The second kappa shape index (κ2) is 7.24. The van der Waals surface area contributed by atoms with E-state index in [9.17, 15) is 4.79 Å². The van der Waals surface area contributed by atoms with Gasteiger partial charge in [0.2, 0.25) is 11.7 Å². The summed E-state index contributed by atoms with van der Waals surface area (Å²) in [6.07, 6.45) is 0. The Hall–Kier alpha value is -3.13. The van der Waals surface area contributed by atoms with Crippen LogP contribution >= 0.6 is 11.6 Å². The molecule has 0 radical (unpaired) electrons. The number of carbonyl (C=O) groups excluding carboxylic acids is 1. The van der Waals surface area contributed by atoms with Gasteiger partial charge in [-0.15, -0.1) is 10.2 Å². The number of carbonyl (C=O) groups is 1. The van der Waals surface area contributed by atoms with E-state index in [1.165, 1.54) is 4.80 Å². The molecule has 8 nitrogen and oxygen atoms in total. The van der Waals surface area contributed by atoms with Crippen molar-refractivity contribution in [3.63, 3.8) is 0 Å². The minimum Gasteiger partial charge on any atom is -0.486 e. The van der Waals surface area contributed by atoms with Crippen LogP contribution in [0, 0.1) is 6.92 Å². The van der Waals surface area contributed by atoms with Gasteiger partial charge in [-0.25, -0.2) is 0 Å². The molecule has 0 fully saturated rings. The molecule has 1 aliphatic heterocycles. The normalized spacial score (nSPS) is 12.7. The molecule has 0 spiro atoms. The van der Waals surface area contributed by atoms with Gasteiger partial charge in [0.15, 0.2) is 11.5 Å². The molecule has 138 valence electrons. The van der Waals surface area contributed by atoms with E-state index >= 15 is 0 Å². The second-order valence-electron chi connectivity index (χ2n) is 6.03. The zero-order chi connectivity index (χ0) is 18.8. The Bertz CT molecular complexity index is 987. The lowest BCUT2D eigenvalue weighted by molar-refractivity contribution is -0.117. The molecule has 2 aromatic carbocycles. The predicted molar refractivity (Wildman–Crippen MR) is 99.1 cm³/mol. The van der Waals surface area contributed by atoms with Gasteiger partial charge in [-0.3, -0.25) is 4.79 Å². The topological polar surface area (TPSA) is 91.2 Å². The van der Waals surface area contributed by atoms with Crippen LogP contribution in [0.2, 0.25) is 5.02 Å². The van der Waals surface area contributed by atoms with Crippen LogP contribution in [-0.2, 0) is 11.3 Å². The van der Waals surface area contributed by atoms with Gasteiger partial charge in [-0.2, -0.15) is 4.80 Å². The number of nitrogens with zero attached hydrogens (tertiary/aromatic N) is 4. The number of hydrogen-bond acceptors (Lipinski definition) is 6. The minimum atomic E-state index is -0.332. The number of ether oxygens (including phenoxy) is 2. The number of aryl methyl sites for hydroxylation is 1. The highest BCUT2D eigenvalue weighted by Crippen LogP contribution is 2.37. The number of benzene rings is 2. The molecule has 3 aromatic rings. The summed E-state index contributed by atoms with van der Waals surface area (Å²) in [5.74, 6) is 1.23. The SMILES string of the molecule is Cc1ccc(-c2nnn(CC(=O)Nc3cc4c(cc3Cl)OCCO4)n2)cc1. The van der Waals surface area contributed by atoms with Gasteiger partial charge in [-0.05, 0) is 12.1 Å². The molecule has 0 aliphatic carbocycles. The highest BCUT2D eigenvalue weighted by molar-refractivity contribution is 6.34. The monoisotopic (exact) mass is 385 g/mol. The number of tetrazole rings is 1. The van der Waals surface area contributed by atoms with Crippen molar-refractivity contribution in [1.29, 1.82) is 0 Å². The maximum atomic E-state index is 12.3. The lowest BCUT2D eigenvalue weighted by Gasteiger charge is -2.19. The molecular formula is C18H16ClN5O3. The van der Waals surface area contributed by atoms with Crippen LogP contribution in [0.25, 0.3) is 11.4 Å². The first-order chi connectivity index (χ1) is 13.1. The van der Waals surface area contributed by atoms with Crippen molar-refractivity contribution in [1.82, 2.24) is 20.2 Å². The number of nitrogens with one attached hydrogen (secondary N) is 1. The first kappa shape index (κ1) is 17.3. The van der Waals surface area contributed by atoms with Crippen molar-refractivity contribution in [2.75, 3.05) is 18.5 Å². The lowest BCUT2D eigenvalue weighted by atomic mass is 10.1. The van der Waals surface area contributed by atoms with Gasteiger partial charge in [0.05, 0.1) is 10.7 Å². The van der Waals surface area contributed by atoms with Gasteiger partial charge in [0.25, 0.3) is 0 Å². The van der Waals surface area contributed by atoms with E-state index < -0.39 is 0 Å². The summed E-state index contributed by atoms with van der Waals surface area (Å²) in [5.41, 5.74) is 2.41. The van der Waals surface area contributed by atoms with Crippen molar-refractivity contribution >= 4 is 23.2 Å². The number of aromatic nitrogens is 4. The lowest BCUT2D eigenvalue weighted by Crippen LogP contribution is -2.21. The van der Waals surface area contributed by atoms with Crippen LogP contribution in [0.4, 0.5) is 5.69 Å². The number of hydrogen-bond donors (Lipinski definition) is 1. The van der Waals surface area contributed by atoms with E-state index in [0.717, 1.165) is 11.1 Å². The average molecular weight is 386 g/mol. The summed E-state index contributed by atoms with van der Waals surface area (Å²) < 4.78 is 11.0. The minimum absolute atomic E-state index is 0.0936. The molecule has 1 aromatic heterocycles. The van der Waals surface area contributed by atoms with Gasteiger partial charge in [-0.1, -0.05) is 41.4 Å². The maximum Gasteiger partial charge on any atom is 0.248 e. The number of rotatable bonds is 4.